The zero-order valence-electron chi connectivity index (χ0n) is 11.3. The zero-order valence-corrected chi connectivity index (χ0v) is 12.1. The Balaban J connectivity index is 2.62. The minimum absolute atomic E-state index is 0.287. The van der Waals surface area contributed by atoms with Gasteiger partial charge in [-0.25, -0.2) is 4.79 Å². The third-order valence-corrected chi connectivity index (χ3v) is 3.85. The quantitative estimate of drug-likeness (QED) is 0.716. The molecule has 3 amide bonds. The van der Waals surface area contributed by atoms with Crippen LogP contribution in [0.15, 0.2) is 29.2 Å². The molecule has 0 aliphatic heterocycles. The summed E-state index contributed by atoms with van der Waals surface area (Å²) in [7, 11) is 1.91. The van der Waals surface area contributed by atoms with Gasteiger partial charge in [-0.2, -0.15) is 0 Å². The molecule has 0 saturated heterocycles. The normalized spacial score (nSPS) is 13.6. The molecule has 6 heteroatoms. The minimum atomic E-state index is -0.823. The standard InChI is InChI=1S/C13H19N3O2S/c1-8(15-3)10-4-6-11(7-5-10)19-9(2)12(17)16-13(14)18/h4-9,15H,1-3H3,(H3,14,16,17,18). The van der Waals surface area contributed by atoms with E-state index >= 15 is 0 Å². The van der Waals surface area contributed by atoms with Crippen LogP contribution in [-0.2, 0) is 4.79 Å². The molecule has 0 heterocycles. The third kappa shape index (κ3) is 4.92. The average Bonchev–Trinajstić information content (AvgIpc) is 2.37. The highest BCUT2D eigenvalue weighted by Gasteiger charge is 2.15. The molecule has 0 aliphatic rings. The van der Waals surface area contributed by atoms with Gasteiger partial charge in [-0.1, -0.05) is 12.1 Å². The van der Waals surface area contributed by atoms with Gasteiger partial charge in [-0.05, 0) is 38.6 Å². The monoisotopic (exact) mass is 281 g/mol. The average molecular weight is 281 g/mol. The van der Waals surface area contributed by atoms with Crippen LogP contribution in [0, 0.1) is 0 Å². The zero-order chi connectivity index (χ0) is 14.4. The van der Waals surface area contributed by atoms with Crippen LogP contribution in [0.2, 0.25) is 0 Å². The van der Waals surface area contributed by atoms with Crippen molar-refractivity contribution in [3.63, 3.8) is 0 Å². The summed E-state index contributed by atoms with van der Waals surface area (Å²) in [5.41, 5.74) is 6.09. The van der Waals surface area contributed by atoms with Crippen LogP contribution in [0.4, 0.5) is 4.79 Å². The highest BCUT2D eigenvalue weighted by atomic mass is 32.2. The van der Waals surface area contributed by atoms with Crippen molar-refractivity contribution in [2.24, 2.45) is 5.73 Å². The maximum Gasteiger partial charge on any atom is 0.318 e. The van der Waals surface area contributed by atoms with Gasteiger partial charge in [0.25, 0.3) is 0 Å². The molecule has 0 fully saturated rings. The number of rotatable bonds is 5. The van der Waals surface area contributed by atoms with Gasteiger partial charge in [0.05, 0.1) is 5.25 Å². The Labute approximate surface area is 117 Å². The van der Waals surface area contributed by atoms with Crippen molar-refractivity contribution in [2.75, 3.05) is 7.05 Å². The molecule has 1 aromatic rings. The van der Waals surface area contributed by atoms with Crippen LogP contribution in [-0.4, -0.2) is 24.2 Å². The predicted molar refractivity (Wildman–Crippen MR) is 77.0 cm³/mol. The van der Waals surface area contributed by atoms with Crippen LogP contribution in [0.5, 0.6) is 0 Å². The molecule has 0 radical (unpaired) electrons. The summed E-state index contributed by atoms with van der Waals surface area (Å²) in [5, 5.41) is 4.85. The first-order valence-corrected chi connectivity index (χ1v) is 6.86. The first-order chi connectivity index (χ1) is 8.93. The van der Waals surface area contributed by atoms with E-state index in [0.29, 0.717) is 0 Å². The van der Waals surface area contributed by atoms with Crippen LogP contribution in [0.3, 0.4) is 0 Å². The van der Waals surface area contributed by atoms with Crippen molar-refractivity contribution >= 4 is 23.7 Å². The van der Waals surface area contributed by atoms with Crippen LogP contribution >= 0.6 is 11.8 Å². The van der Waals surface area contributed by atoms with Gasteiger partial charge >= 0.3 is 6.03 Å². The maximum absolute atomic E-state index is 11.5. The van der Waals surface area contributed by atoms with E-state index in [1.54, 1.807) is 6.92 Å². The molecule has 0 bridgehead atoms. The number of thioether (sulfide) groups is 1. The highest BCUT2D eigenvalue weighted by Crippen LogP contribution is 2.24. The summed E-state index contributed by atoms with van der Waals surface area (Å²) in [6, 6.07) is 7.42. The predicted octanol–water partition coefficient (Wildman–Crippen LogP) is 1.64. The number of urea groups is 1. The Morgan fingerprint density at radius 2 is 1.79 bits per heavy atom. The van der Waals surface area contributed by atoms with E-state index in [0.717, 1.165) is 4.90 Å². The van der Waals surface area contributed by atoms with Gasteiger partial charge in [0.15, 0.2) is 0 Å². The van der Waals surface area contributed by atoms with Crippen LogP contribution in [0.25, 0.3) is 0 Å². The summed E-state index contributed by atoms with van der Waals surface area (Å²) in [6.45, 7) is 3.80. The van der Waals surface area contributed by atoms with Crippen molar-refractivity contribution < 1.29 is 9.59 Å². The van der Waals surface area contributed by atoms with Gasteiger partial charge < -0.3 is 11.1 Å². The highest BCUT2D eigenvalue weighted by molar-refractivity contribution is 8.00. The molecule has 0 aliphatic carbocycles. The molecule has 0 saturated carbocycles. The summed E-state index contributed by atoms with van der Waals surface area (Å²) >= 11 is 1.38. The number of amides is 3. The molecule has 4 N–H and O–H groups in total. The number of benzene rings is 1. The van der Waals surface area contributed by atoms with E-state index in [2.05, 4.69) is 17.6 Å². The fourth-order valence-corrected chi connectivity index (χ4v) is 2.35. The number of imide groups is 1. The molecule has 5 nitrogen and oxygen atoms in total. The summed E-state index contributed by atoms with van der Waals surface area (Å²) in [5.74, 6) is -0.384. The molecule has 19 heavy (non-hydrogen) atoms. The third-order valence-electron chi connectivity index (χ3n) is 2.74. The van der Waals surface area contributed by atoms with Gasteiger partial charge in [0.2, 0.25) is 5.91 Å². The molecule has 1 rings (SSSR count). The van der Waals surface area contributed by atoms with E-state index in [1.807, 2.05) is 31.3 Å². The van der Waals surface area contributed by atoms with Gasteiger partial charge in [0, 0.05) is 10.9 Å². The lowest BCUT2D eigenvalue weighted by Gasteiger charge is -2.13. The number of primary amides is 1. The van der Waals surface area contributed by atoms with Crippen molar-refractivity contribution in [2.45, 2.75) is 30.0 Å². The number of hydrogen-bond donors (Lipinski definition) is 3. The summed E-state index contributed by atoms with van der Waals surface area (Å²) in [6.07, 6.45) is 0. The second-order valence-corrected chi connectivity index (χ2v) is 5.61. The molecule has 0 spiro atoms. The van der Waals surface area contributed by atoms with E-state index in [4.69, 9.17) is 5.73 Å². The lowest BCUT2D eigenvalue weighted by Crippen LogP contribution is -2.39. The maximum atomic E-state index is 11.5. The first kappa shape index (κ1) is 15.5. The Morgan fingerprint density at radius 1 is 1.21 bits per heavy atom. The van der Waals surface area contributed by atoms with Gasteiger partial charge in [0.1, 0.15) is 0 Å². The topological polar surface area (TPSA) is 84.2 Å². The van der Waals surface area contributed by atoms with E-state index in [1.165, 1.54) is 17.3 Å². The summed E-state index contributed by atoms with van der Waals surface area (Å²) in [4.78, 5) is 23.1. The van der Waals surface area contributed by atoms with E-state index < -0.39 is 6.03 Å². The molecule has 104 valence electrons. The molecule has 0 aromatic heterocycles. The fourth-order valence-electron chi connectivity index (χ4n) is 1.48. The van der Waals surface area contributed by atoms with Crippen LogP contribution < -0.4 is 16.4 Å². The Bertz CT molecular complexity index is 448. The van der Waals surface area contributed by atoms with E-state index in [-0.39, 0.29) is 17.2 Å². The molecule has 1 aromatic carbocycles. The molecule has 2 unspecified atom stereocenters. The minimum Gasteiger partial charge on any atom is -0.351 e. The number of hydrogen-bond acceptors (Lipinski definition) is 4. The summed E-state index contributed by atoms with van der Waals surface area (Å²) < 4.78 is 0. The second-order valence-electron chi connectivity index (χ2n) is 4.19. The van der Waals surface area contributed by atoms with Crippen molar-refractivity contribution in [3.8, 4) is 0 Å². The lowest BCUT2D eigenvalue weighted by molar-refractivity contribution is -0.119. The largest absolute Gasteiger partial charge is 0.351 e. The van der Waals surface area contributed by atoms with Crippen molar-refractivity contribution in [3.05, 3.63) is 29.8 Å². The van der Waals surface area contributed by atoms with Crippen LogP contribution in [0.1, 0.15) is 25.5 Å². The number of nitrogens with one attached hydrogen (secondary N) is 2. The number of nitrogens with two attached hydrogens (primary N) is 1. The fraction of sp³-hybridized carbons (Fsp3) is 0.385. The van der Waals surface area contributed by atoms with Crippen molar-refractivity contribution in [1.29, 1.82) is 0 Å². The number of carbonyl (C=O) groups is 2. The first-order valence-electron chi connectivity index (χ1n) is 5.98. The Hall–Kier alpha value is -1.53. The van der Waals surface area contributed by atoms with Gasteiger partial charge in [-0.3, -0.25) is 10.1 Å². The SMILES string of the molecule is CNC(C)c1ccc(SC(C)C(=O)NC(N)=O)cc1. The molecular weight excluding hydrogens is 262 g/mol. The van der Waals surface area contributed by atoms with E-state index in [9.17, 15) is 9.59 Å². The number of carbonyl (C=O) groups excluding carboxylic acids is 2. The Morgan fingerprint density at radius 3 is 2.26 bits per heavy atom. The lowest BCUT2D eigenvalue weighted by atomic mass is 10.1. The molecular formula is C13H19N3O2S. The van der Waals surface area contributed by atoms with Gasteiger partial charge in [-0.15, -0.1) is 11.8 Å². The second kappa shape index (κ2) is 7.16. The Kier molecular flexibility index (Phi) is 5.85. The van der Waals surface area contributed by atoms with Crippen molar-refractivity contribution in [1.82, 2.24) is 10.6 Å². The molecule has 2 atom stereocenters. The smallest absolute Gasteiger partial charge is 0.318 e.